The highest BCUT2D eigenvalue weighted by Crippen LogP contribution is 2.37. The Kier molecular flexibility index (Phi) is 9.84. The van der Waals surface area contributed by atoms with Gasteiger partial charge in [0, 0.05) is 24.1 Å². The second kappa shape index (κ2) is 12.0. The maximum absolute atomic E-state index is 13.2. The predicted octanol–water partition coefficient (Wildman–Crippen LogP) is 3.69. The molecule has 11 heteroatoms. The number of nitroso groups, excluding NO2 is 1. The second-order valence-corrected chi connectivity index (χ2v) is 13.0. The highest BCUT2D eigenvalue weighted by Gasteiger charge is 2.46. The summed E-state index contributed by atoms with van der Waals surface area (Å²) in [7, 11) is -3.73. The van der Waals surface area contributed by atoms with E-state index in [1.165, 1.54) is 0 Å². The van der Waals surface area contributed by atoms with E-state index < -0.39 is 31.9 Å². The standard InChI is InChI=1S/C22H37Cl2N3O5S/c1-3-32-16-8-6-14(7-9-16)27-33(30,31)21-11-17(18(23)12-19(21)24)22(28)25-20-10-15(26-29)5-4-13(20)2/h13-21,27H,3-12H2,1-2H3,(H,25,28). The molecule has 0 saturated heterocycles. The van der Waals surface area contributed by atoms with Gasteiger partial charge in [0.05, 0.1) is 28.7 Å². The lowest BCUT2D eigenvalue weighted by Crippen LogP contribution is -2.54. The first-order valence-corrected chi connectivity index (χ1v) is 14.6. The fourth-order valence-corrected chi connectivity index (χ4v) is 8.50. The van der Waals surface area contributed by atoms with Crippen LogP contribution in [0.5, 0.6) is 0 Å². The third kappa shape index (κ3) is 7.03. The molecule has 7 atom stereocenters. The van der Waals surface area contributed by atoms with Crippen molar-refractivity contribution in [3.63, 3.8) is 0 Å². The Hall–Kier alpha value is -0.480. The molecule has 3 aliphatic rings. The molecule has 0 heterocycles. The molecule has 3 saturated carbocycles. The number of carbonyl (C=O) groups excluding carboxylic acids is 1. The number of hydrogen-bond acceptors (Lipinski definition) is 6. The van der Waals surface area contributed by atoms with Gasteiger partial charge in [0.15, 0.2) is 0 Å². The van der Waals surface area contributed by atoms with Crippen LogP contribution in [0.25, 0.3) is 0 Å². The van der Waals surface area contributed by atoms with Crippen LogP contribution in [0, 0.1) is 16.7 Å². The van der Waals surface area contributed by atoms with E-state index in [9.17, 15) is 18.1 Å². The first kappa shape index (κ1) is 27.1. The number of sulfonamides is 1. The lowest BCUT2D eigenvalue weighted by atomic mass is 9.82. The highest BCUT2D eigenvalue weighted by molar-refractivity contribution is 7.90. The first-order valence-electron chi connectivity index (χ1n) is 12.2. The van der Waals surface area contributed by atoms with Crippen LogP contribution in [-0.4, -0.2) is 61.2 Å². The van der Waals surface area contributed by atoms with Crippen molar-refractivity contribution in [2.24, 2.45) is 17.0 Å². The summed E-state index contributed by atoms with van der Waals surface area (Å²) in [6, 6.07) is -0.611. The van der Waals surface area contributed by atoms with Gasteiger partial charge in [-0.25, -0.2) is 13.1 Å². The van der Waals surface area contributed by atoms with Crippen molar-refractivity contribution in [2.45, 2.75) is 112 Å². The predicted molar refractivity (Wildman–Crippen MR) is 130 cm³/mol. The van der Waals surface area contributed by atoms with Gasteiger partial charge in [0.2, 0.25) is 15.9 Å². The molecule has 2 N–H and O–H groups in total. The summed E-state index contributed by atoms with van der Waals surface area (Å²) in [5, 5.41) is 4.09. The molecule has 3 aliphatic carbocycles. The van der Waals surface area contributed by atoms with Crippen LogP contribution < -0.4 is 10.0 Å². The van der Waals surface area contributed by atoms with Gasteiger partial charge in [-0.2, -0.15) is 4.91 Å². The third-order valence-corrected chi connectivity index (χ3v) is 10.7. The average molecular weight is 527 g/mol. The third-order valence-electron chi connectivity index (χ3n) is 7.56. The minimum atomic E-state index is -3.73. The number of nitrogens with one attached hydrogen (secondary N) is 2. The Labute approximate surface area is 207 Å². The van der Waals surface area contributed by atoms with E-state index in [2.05, 4.69) is 15.2 Å². The van der Waals surface area contributed by atoms with E-state index in [1.54, 1.807) is 0 Å². The van der Waals surface area contributed by atoms with Gasteiger partial charge >= 0.3 is 0 Å². The minimum absolute atomic E-state index is 0.0776. The lowest BCUT2D eigenvalue weighted by molar-refractivity contribution is -0.127. The van der Waals surface area contributed by atoms with Crippen molar-refractivity contribution < 1.29 is 17.9 Å². The topological polar surface area (TPSA) is 114 Å². The second-order valence-electron chi connectivity index (χ2n) is 9.90. The van der Waals surface area contributed by atoms with Crippen LogP contribution in [0.1, 0.15) is 71.6 Å². The van der Waals surface area contributed by atoms with Crippen molar-refractivity contribution in [1.82, 2.24) is 10.0 Å². The molecule has 0 aromatic carbocycles. The van der Waals surface area contributed by atoms with Crippen LogP contribution in [0.3, 0.4) is 0 Å². The van der Waals surface area contributed by atoms with Crippen LogP contribution in [0.2, 0.25) is 0 Å². The zero-order valence-electron chi connectivity index (χ0n) is 19.4. The Morgan fingerprint density at radius 1 is 1.03 bits per heavy atom. The molecule has 0 aromatic rings. The van der Waals surface area contributed by atoms with Crippen molar-refractivity contribution in [2.75, 3.05) is 6.61 Å². The summed E-state index contributed by atoms with van der Waals surface area (Å²) >= 11 is 13.0. The van der Waals surface area contributed by atoms with E-state index in [0.29, 0.717) is 13.0 Å². The number of amides is 1. The number of rotatable bonds is 8. The molecule has 190 valence electrons. The Bertz CT molecular complexity index is 778. The van der Waals surface area contributed by atoms with Crippen molar-refractivity contribution in [3.05, 3.63) is 4.91 Å². The van der Waals surface area contributed by atoms with Gasteiger partial charge in [-0.05, 0) is 70.6 Å². The average Bonchev–Trinajstić information content (AvgIpc) is 2.76. The Balaban J connectivity index is 1.61. The van der Waals surface area contributed by atoms with E-state index >= 15 is 0 Å². The summed E-state index contributed by atoms with van der Waals surface area (Å²) < 4.78 is 34.9. The highest BCUT2D eigenvalue weighted by atomic mass is 35.5. The van der Waals surface area contributed by atoms with Crippen molar-refractivity contribution >= 4 is 39.1 Å². The maximum atomic E-state index is 13.2. The number of ether oxygens (including phenoxy) is 1. The molecule has 0 aliphatic heterocycles. The molecule has 1 amide bonds. The maximum Gasteiger partial charge on any atom is 0.224 e. The molecule has 0 spiro atoms. The zero-order valence-corrected chi connectivity index (χ0v) is 21.7. The van der Waals surface area contributed by atoms with Gasteiger partial charge in [0.25, 0.3) is 0 Å². The largest absolute Gasteiger partial charge is 0.379 e. The van der Waals surface area contributed by atoms with Crippen LogP contribution in [0.4, 0.5) is 0 Å². The van der Waals surface area contributed by atoms with Gasteiger partial charge < -0.3 is 10.1 Å². The first-order chi connectivity index (χ1) is 15.6. The summed E-state index contributed by atoms with van der Waals surface area (Å²) in [4.78, 5) is 24.1. The van der Waals surface area contributed by atoms with Gasteiger partial charge in [-0.1, -0.05) is 12.1 Å². The summed E-state index contributed by atoms with van der Waals surface area (Å²) in [6.07, 6.45) is 5.62. The normalized spacial score (nSPS) is 40.2. The molecule has 3 rings (SSSR count). The minimum Gasteiger partial charge on any atom is -0.379 e. The van der Waals surface area contributed by atoms with E-state index in [-0.39, 0.29) is 48.9 Å². The molecule has 0 radical (unpaired) electrons. The monoisotopic (exact) mass is 525 g/mol. The smallest absolute Gasteiger partial charge is 0.224 e. The zero-order chi connectivity index (χ0) is 24.2. The van der Waals surface area contributed by atoms with Crippen molar-refractivity contribution in [1.29, 1.82) is 0 Å². The number of nitrogens with zero attached hydrogens (tertiary/aromatic N) is 1. The number of hydrogen-bond donors (Lipinski definition) is 2. The molecule has 7 unspecified atom stereocenters. The van der Waals surface area contributed by atoms with E-state index in [0.717, 1.165) is 38.5 Å². The summed E-state index contributed by atoms with van der Waals surface area (Å²) in [6.45, 7) is 4.66. The van der Waals surface area contributed by atoms with Gasteiger partial charge in [0.1, 0.15) is 0 Å². The fourth-order valence-electron chi connectivity index (χ4n) is 5.46. The fraction of sp³-hybridized carbons (Fsp3) is 0.955. The quantitative estimate of drug-likeness (QED) is 0.370. The molecule has 33 heavy (non-hydrogen) atoms. The summed E-state index contributed by atoms with van der Waals surface area (Å²) in [5.74, 6) is -0.703. The number of alkyl halides is 2. The SMILES string of the molecule is CCOC1CCC(NS(=O)(=O)C2CC(C(=O)NC3CC(N=O)CCC3C)C(Cl)CC2Cl)CC1. The molecule has 0 bridgehead atoms. The Morgan fingerprint density at radius 2 is 1.73 bits per heavy atom. The molecular formula is C22H37Cl2N3O5S. The summed E-state index contributed by atoms with van der Waals surface area (Å²) in [5.41, 5.74) is 0. The Morgan fingerprint density at radius 3 is 2.36 bits per heavy atom. The van der Waals surface area contributed by atoms with Gasteiger partial charge in [-0.15, -0.1) is 23.2 Å². The van der Waals surface area contributed by atoms with Crippen LogP contribution in [-0.2, 0) is 19.6 Å². The van der Waals surface area contributed by atoms with Crippen LogP contribution in [0.15, 0.2) is 5.18 Å². The van der Waals surface area contributed by atoms with Crippen LogP contribution >= 0.6 is 23.2 Å². The molecule has 0 aromatic heterocycles. The number of carbonyl (C=O) groups is 1. The molecular weight excluding hydrogens is 489 g/mol. The van der Waals surface area contributed by atoms with E-state index in [1.807, 2.05) is 13.8 Å². The van der Waals surface area contributed by atoms with E-state index in [4.69, 9.17) is 27.9 Å². The van der Waals surface area contributed by atoms with Gasteiger partial charge in [-0.3, -0.25) is 4.79 Å². The van der Waals surface area contributed by atoms with Crippen molar-refractivity contribution in [3.8, 4) is 0 Å². The molecule has 8 nitrogen and oxygen atoms in total. The number of halogens is 2. The molecule has 3 fully saturated rings. The lowest BCUT2D eigenvalue weighted by Gasteiger charge is -2.38.